The Bertz CT molecular complexity index is 1770. The van der Waals surface area contributed by atoms with Crippen LogP contribution >= 0.6 is 0 Å². The van der Waals surface area contributed by atoms with Gasteiger partial charge in [0.15, 0.2) is 34.5 Å². The Kier molecular flexibility index (Phi) is 8.17. The highest BCUT2D eigenvalue weighted by atomic mass is 16.5. The molecule has 8 nitrogen and oxygen atoms in total. The van der Waals surface area contributed by atoms with E-state index in [-0.39, 0.29) is 17.8 Å². The van der Waals surface area contributed by atoms with Gasteiger partial charge in [0, 0.05) is 30.7 Å². The van der Waals surface area contributed by atoms with Gasteiger partial charge in [0.2, 0.25) is 5.75 Å². The first kappa shape index (κ1) is 30.3. The highest BCUT2D eigenvalue weighted by molar-refractivity contribution is 5.63. The van der Waals surface area contributed by atoms with Crippen molar-refractivity contribution < 1.29 is 28.8 Å². The van der Waals surface area contributed by atoms with Gasteiger partial charge < -0.3 is 28.8 Å². The molecule has 0 spiro atoms. The quantitative estimate of drug-likeness (QED) is 0.273. The van der Waals surface area contributed by atoms with Gasteiger partial charge in [0.1, 0.15) is 6.61 Å². The van der Waals surface area contributed by atoms with E-state index in [0.29, 0.717) is 41.1 Å². The van der Waals surface area contributed by atoms with E-state index in [1.807, 2.05) is 18.2 Å². The number of methoxy groups -OCH3 is 3. The van der Waals surface area contributed by atoms with Crippen molar-refractivity contribution in [3.05, 3.63) is 99.6 Å². The lowest BCUT2D eigenvalue weighted by molar-refractivity contribution is 0.220. The third kappa shape index (κ3) is 5.50. The molecule has 0 radical (unpaired) electrons. The first-order chi connectivity index (χ1) is 22.4. The Morgan fingerprint density at radius 2 is 1.41 bits per heavy atom. The number of aromatic hydroxyl groups is 1. The highest BCUT2D eigenvalue weighted by Crippen LogP contribution is 2.51. The van der Waals surface area contributed by atoms with E-state index in [1.54, 1.807) is 21.3 Å². The molecular formula is C38H42N2O6. The standard InChI is InChI=1S/C38H42N2O6/c1-39-13-11-26-19-33(42-3)34-21-28(26)29(39)16-24-9-10-32(31(41)18-24)45-22-25-8-6-7-23(15-25)17-30-36-27(12-14-40(30)2)20-35(43-4)37(44-5)38(36)46-34/h6-10,15,18-21,29-30,41H,11-14,16-17,22H2,1-5H3/t29-,30+/m0/s1. The first-order valence-corrected chi connectivity index (χ1v) is 16.0. The van der Waals surface area contributed by atoms with Crippen LogP contribution in [0.2, 0.25) is 0 Å². The van der Waals surface area contributed by atoms with Gasteiger partial charge in [-0.25, -0.2) is 0 Å². The predicted molar refractivity (Wildman–Crippen MR) is 177 cm³/mol. The average Bonchev–Trinajstić information content (AvgIpc) is 3.06. The predicted octanol–water partition coefficient (Wildman–Crippen LogP) is 6.65. The first-order valence-electron chi connectivity index (χ1n) is 16.0. The zero-order chi connectivity index (χ0) is 31.9. The Morgan fingerprint density at radius 3 is 2.17 bits per heavy atom. The number of rotatable bonds is 3. The summed E-state index contributed by atoms with van der Waals surface area (Å²) in [5, 5.41) is 11.0. The molecule has 4 heterocycles. The minimum Gasteiger partial charge on any atom is -0.504 e. The van der Waals surface area contributed by atoms with E-state index in [0.717, 1.165) is 55.5 Å². The second-order valence-electron chi connectivity index (χ2n) is 12.6. The Balaban J connectivity index is 1.45. The van der Waals surface area contributed by atoms with E-state index in [9.17, 15) is 5.11 Å². The summed E-state index contributed by atoms with van der Waals surface area (Å²) in [6.45, 7) is 2.18. The van der Waals surface area contributed by atoms with E-state index < -0.39 is 0 Å². The molecule has 0 unspecified atom stereocenters. The fourth-order valence-corrected chi connectivity index (χ4v) is 7.35. The normalized spacial score (nSPS) is 19.5. The van der Waals surface area contributed by atoms with Crippen LogP contribution in [-0.2, 0) is 32.3 Å². The molecule has 0 amide bonds. The molecule has 0 aromatic heterocycles. The Morgan fingerprint density at radius 1 is 0.717 bits per heavy atom. The molecule has 0 aliphatic carbocycles. The van der Waals surface area contributed by atoms with Gasteiger partial charge in [-0.15, -0.1) is 0 Å². The van der Waals surface area contributed by atoms with Gasteiger partial charge in [0.25, 0.3) is 0 Å². The summed E-state index contributed by atoms with van der Waals surface area (Å²) in [6, 6.07) is 20.7. The largest absolute Gasteiger partial charge is 0.504 e. The van der Waals surface area contributed by atoms with Crippen LogP contribution in [0.25, 0.3) is 0 Å². The highest BCUT2D eigenvalue weighted by Gasteiger charge is 2.34. The number of phenols is 1. The van der Waals surface area contributed by atoms with E-state index in [4.69, 9.17) is 23.7 Å². The minimum atomic E-state index is 0.0237. The molecule has 0 saturated carbocycles. The summed E-state index contributed by atoms with van der Waals surface area (Å²) in [4.78, 5) is 4.76. The lowest BCUT2D eigenvalue weighted by Crippen LogP contribution is -2.34. The van der Waals surface area contributed by atoms with Crippen molar-refractivity contribution in [2.24, 2.45) is 0 Å². The fourth-order valence-electron chi connectivity index (χ4n) is 7.35. The van der Waals surface area contributed by atoms with Crippen LogP contribution in [0.5, 0.6) is 40.2 Å². The maximum Gasteiger partial charge on any atom is 0.204 e. The van der Waals surface area contributed by atoms with Gasteiger partial charge in [-0.1, -0.05) is 30.3 Å². The van der Waals surface area contributed by atoms with Crippen LogP contribution in [0.3, 0.4) is 0 Å². The van der Waals surface area contributed by atoms with Crippen LogP contribution < -0.4 is 23.7 Å². The molecule has 4 aliphatic heterocycles. The maximum absolute atomic E-state index is 11.0. The zero-order valence-electron chi connectivity index (χ0n) is 27.3. The van der Waals surface area contributed by atoms with E-state index >= 15 is 0 Å². The molecule has 46 heavy (non-hydrogen) atoms. The smallest absolute Gasteiger partial charge is 0.204 e. The van der Waals surface area contributed by atoms with Crippen LogP contribution in [-0.4, -0.2) is 63.4 Å². The number of likely N-dealkylation sites (N-methyl/N-ethyl adjacent to an activating group) is 2. The van der Waals surface area contributed by atoms with Crippen molar-refractivity contribution in [1.29, 1.82) is 0 Å². The molecule has 4 aromatic carbocycles. The summed E-state index contributed by atoms with van der Waals surface area (Å²) >= 11 is 0. The van der Waals surface area contributed by atoms with Gasteiger partial charge >= 0.3 is 0 Å². The number of fused-ring (bicyclic) bond motifs is 3. The maximum atomic E-state index is 11.0. The molecule has 4 aromatic rings. The number of ether oxygens (including phenoxy) is 5. The summed E-state index contributed by atoms with van der Waals surface area (Å²) in [5.74, 6) is 3.82. The summed E-state index contributed by atoms with van der Waals surface area (Å²) in [5.41, 5.74) is 7.96. The lowest BCUT2D eigenvalue weighted by Gasteiger charge is -2.37. The second-order valence-corrected chi connectivity index (χ2v) is 12.6. The molecule has 8 rings (SSSR count). The monoisotopic (exact) mass is 622 g/mol. The van der Waals surface area contributed by atoms with Crippen LogP contribution in [0, 0.1) is 0 Å². The van der Waals surface area contributed by atoms with Crippen molar-refractivity contribution in [1.82, 2.24) is 9.80 Å². The third-order valence-electron chi connectivity index (χ3n) is 9.88. The number of nitrogens with zero attached hydrogens (tertiary/aromatic N) is 2. The summed E-state index contributed by atoms with van der Waals surface area (Å²) in [7, 11) is 9.35. The van der Waals surface area contributed by atoms with Crippen LogP contribution in [0.1, 0.15) is 51.0 Å². The van der Waals surface area contributed by atoms with Crippen LogP contribution in [0.15, 0.2) is 60.7 Å². The SMILES string of the molecule is COc1cc2c3cc1Oc1c(OC)c(OC)cc4c1[C@@H](Cc1cccc(c1)COc1ccc(cc1O)C[C@@H]3N(C)CC2)N(C)CC4. The van der Waals surface area contributed by atoms with Crippen molar-refractivity contribution in [2.75, 3.05) is 48.5 Å². The molecule has 4 aliphatic rings. The molecule has 8 heteroatoms. The number of phenolic OH excluding ortho intramolecular Hbond substituents is 1. The third-order valence-corrected chi connectivity index (χ3v) is 9.88. The molecule has 0 saturated heterocycles. The van der Waals surface area contributed by atoms with Crippen LogP contribution in [0.4, 0.5) is 0 Å². The summed E-state index contributed by atoms with van der Waals surface area (Å²) < 4.78 is 31.0. The summed E-state index contributed by atoms with van der Waals surface area (Å²) in [6.07, 6.45) is 3.25. The second kappa shape index (κ2) is 12.4. The molecule has 2 atom stereocenters. The Hall–Kier alpha value is -4.40. The Labute approximate surface area is 271 Å². The lowest BCUT2D eigenvalue weighted by atomic mass is 9.87. The average molecular weight is 623 g/mol. The van der Waals surface area contributed by atoms with Crippen molar-refractivity contribution in [2.45, 2.75) is 44.4 Å². The zero-order valence-corrected chi connectivity index (χ0v) is 27.3. The van der Waals surface area contributed by atoms with Crippen molar-refractivity contribution >= 4 is 0 Å². The molecule has 1 N–H and O–H groups in total. The topological polar surface area (TPSA) is 72.9 Å². The van der Waals surface area contributed by atoms with Crippen molar-refractivity contribution in [3.8, 4) is 40.2 Å². The number of hydrogen-bond donors (Lipinski definition) is 1. The van der Waals surface area contributed by atoms with Gasteiger partial charge in [-0.2, -0.15) is 0 Å². The molecule has 240 valence electrons. The molecule has 0 fully saturated rings. The molecular weight excluding hydrogens is 580 g/mol. The van der Waals surface area contributed by atoms with E-state index in [2.05, 4.69) is 66.4 Å². The molecule has 6 bridgehead atoms. The van der Waals surface area contributed by atoms with E-state index in [1.165, 1.54) is 22.3 Å². The minimum absolute atomic E-state index is 0.0237. The van der Waals surface area contributed by atoms with Gasteiger partial charge in [-0.3, -0.25) is 9.80 Å². The van der Waals surface area contributed by atoms with Gasteiger partial charge in [-0.05, 0) is 103 Å². The fraction of sp³-hybridized carbons (Fsp3) is 0.368. The van der Waals surface area contributed by atoms with Crippen molar-refractivity contribution in [3.63, 3.8) is 0 Å². The number of hydrogen-bond acceptors (Lipinski definition) is 8. The van der Waals surface area contributed by atoms with Gasteiger partial charge in [0.05, 0.1) is 21.3 Å². The number of benzene rings is 4.